The van der Waals surface area contributed by atoms with Crippen LogP contribution in [0.4, 0.5) is 0 Å². The average molecular weight is 293 g/mol. The summed E-state index contributed by atoms with van der Waals surface area (Å²) >= 11 is 0. The van der Waals surface area contributed by atoms with Crippen molar-refractivity contribution in [1.29, 1.82) is 0 Å². The van der Waals surface area contributed by atoms with Crippen molar-refractivity contribution >= 4 is 31.1 Å². The molecule has 4 heteroatoms. The third-order valence-electron chi connectivity index (χ3n) is 1.57. The van der Waals surface area contributed by atoms with Crippen molar-refractivity contribution in [3.63, 3.8) is 0 Å². The van der Waals surface area contributed by atoms with E-state index in [0.717, 1.165) is 5.75 Å². The lowest BCUT2D eigenvalue weighted by Crippen LogP contribution is -2.15. The second-order valence-electron chi connectivity index (χ2n) is 4.04. The molecule has 0 heterocycles. The minimum Gasteiger partial charge on any atom is -0.497 e. The van der Waals surface area contributed by atoms with E-state index in [1.54, 1.807) is 7.11 Å². The first-order valence-electron chi connectivity index (χ1n) is 4.59. The molecule has 15 heavy (non-hydrogen) atoms. The molecular formula is C11H18BrO2P. The number of benzene rings is 1. The number of methoxy groups -OCH3 is 1. The number of halogens is 1. The van der Waals surface area contributed by atoms with Gasteiger partial charge in [-0.15, -0.1) is 17.0 Å². The molecule has 0 radical (unpaired) electrons. The largest absolute Gasteiger partial charge is 0.497 e. The number of hydrogen-bond acceptors (Lipinski definition) is 2. The summed E-state index contributed by atoms with van der Waals surface area (Å²) in [5, 5.41) is 1.20. The highest BCUT2D eigenvalue weighted by molar-refractivity contribution is 8.93. The molecule has 0 fully saturated rings. The molecule has 0 bridgehead atoms. The van der Waals surface area contributed by atoms with Gasteiger partial charge in [-0.1, -0.05) is 0 Å². The maximum Gasteiger partial charge on any atom is 0.118 e. The zero-order valence-electron chi connectivity index (χ0n) is 9.53. The molecule has 2 nitrogen and oxygen atoms in total. The first-order valence-corrected chi connectivity index (χ1v) is 5.50. The number of rotatable bonds is 3. The predicted octanol–water partition coefficient (Wildman–Crippen LogP) is 3.31. The lowest BCUT2D eigenvalue weighted by molar-refractivity contribution is 0.159. The van der Waals surface area contributed by atoms with Crippen molar-refractivity contribution in [2.45, 2.75) is 26.4 Å². The SMILES string of the molecule is Br.COc1ccc(POC(C)(C)C)cc1. The van der Waals surface area contributed by atoms with Crippen LogP contribution in [0.1, 0.15) is 20.8 Å². The van der Waals surface area contributed by atoms with Gasteiger partial charge in [-0.25, -0.2) is 0 Å². The zero-order chi connectivity index (χ0) is 10.6. The van der Waals surface area contributed by atoms with Crippen LogP contribution < -0.4 is 10.0 Å². The molecule has 0 aromatic heterocycles. The van der Waals surface area contributed by atoms with E-state index in [-0.39, 0.29) is 22.6 Å². The van der Waals surface area contributed by atoms with Gasteiger partial charge >= 0.3 is 0 Å². The molecule has 1 aromatic rings. The highest BCUT2D eigenvalue weighted by atomic mass is 79.9. The highest BCUT2D eigenvalue weighted by Crippen LogP contribution is 2.22. The molecule has 0 saturated carbocycles. The van der Waals surface area contributed by atoms with Crippen molar-refractivity contribution in [1.82, 2.24) is 0 Å². The molecule has 1 aromatic carbocycles. The molecule has 86 valence electrons. The van der Waals surface area contributed by atoms with Crippen LogP contribution in [0.15, 0.2) is 24.3 Å². The van der Waals surface area contributed by atoms with E-state index in [1.165, 1.54) is 5.30 Å². The van der Waals surface area contributed by atoms with Gasteiger partial charge in [0.25, 0.3) is 0 Å². The summed E-state index contributed by atoms with van der Waals surface area (Å²) in [6.07, 6.45) is 0. The van der Waals surface area contributed by atoms with Crippen LogP contribution in [0.5, 0.6) is 5.75 Å². The monoisotopic (exact) mass is 292 g/mol. The maximum atomic E-state index is 5.68. The van der Waals surface area contributed by atoms with E-state index >= 15 is 0 Å². The van der Waals surface area contributed by atoms with Crippen LogP contribution >= 0.6 is 25.8 Å². The predicted molar refractivity (Wildman–Crippen MR) is 72.1 cm³/mol. The fourth-order valence-electron chi connectivity index (χ4n) is 0.871. The standard InChI is InChI=1S/C11H17O2P.BrH/c1-11(2,3)13-14-10-7-5-9(12-4)6-8-10;/h5-8,14H,1-4H3;1H. The Balaban J connectivity index is 0.00000196. The Kier molecular flexibility index (Phi) is 6.42. The van der Waals surface area contributed by atoms with Crippen molar-refractivity contribution in [3.05, 3.63) is 24.3 Å². The van der Waals surface area contributed by atoms with E-state index in [9.17, 15) is 0 Å². The normalized spacial score (nSPS) is 11.5. The molecule has 0 aliphatic rings. The highest BCUT2D eigenvalue weighted by Gasteiger charge is 2.09. The number of hydrogen-bond donors (Lipinski definition) is 0. The summed E-state index contributed by atoms with van der Waals surface area (Å²) in [5.74, 6) is 0.884. The average Bonchev–Trinajstić information content (AvgIpc) is 2.14. The van der Waals surface area contributed by atoms with E-state index in [1.807, 2.05) is 24.3 Å². The molecule has 1 atom stereocenters. The Bertz CT molecular complexity index is 280. The zero-order valence-corrected chi connectivity index (χ0v) is 12.2. The van der Waals surface area contributed by atoms with Crippen molar-refractivity contribution in [2.24, 2.45) is 0 Å². The van der Waals surface area contributed by atoms with Crippen molar-refractivity contribution < 1.29 is 9.26 Å². The fraction of sp³-hybridized carbons (Fsp3) is 0.455. The summed E-state index contributed by atoms with van der Waals surface area (Å²) in [6.45, 7) is 6.18. The minimum atomic E-state index is -0.0711. The first-order chi connectivity index (χ1) is 6.51. The van der Waals surface area contributed by atoms with Crippen LogP contribution in [0.3, 0.4) is 0 Å². The van der Waals surface area contributed by atoms with Gasteiger partial charge < -0.3 is 9.26 Å². The Morgan fingerprint density at radius 2 is 1.60 bits per heavy atom. The lowest BCUT2D eigenvalue weighted by Gasteiger charge is -2.19. The molecule has 0 aliphatic heterocycles. The smallest absolute Gasteiger partial charge is 0.118 e. The summed E-state index contributed by atoms with van der Waals surface area (Å²) in [7, 11) is 2.07. The Morgan fingerprint density at radius 1 is 1.07 bits per heavy atom. The van der Waals surface area contributed by atoms with Crippen LogP contribution in [-0.2, 0) is 4.52 Å². The molecule has 0 spiro atoms. The summed E-state index contributed by atoms with van der Waals surface area (Å²) < 4.78 is 10.8. The van der Waals surface area contributed by atoms with Gasteiger partial charge in [0.05, 0.1) is 12.7 Å². The Hall–Kier alpha value is -0.110. The summed E-state index contributed by atoms with van der Waals surface area (Å²) in [6, 6.07) is 7.97. The Morgan fingerprint density at radius 3 is 2.00 bits per heavy atom. The molecule has 0 saturated heterocycles. The van der Waals surface area contributed by atoms with Crippen LogP contribution in [-0.4, -0.2) is 12.7 Å². The minimum absolute atomic E-state index is 0. The topological polar surface area (TPSA) is 18.5 Å². The van der Waals surface area contributed by atoms with Gasteiger partial charge in [-0.05, 0) is 50.3 Å². The van der Waals surface area contributed by atoms with Gasteiger partial charge in [0.1, 0.15) is 5.75 Å². The summed E-state index contributed by atoms with van der Waals surface area (Å²) in [4.78, 5) is 0. The second-order valence-corrected chi connectivity index (χ2v) is 5.03. The quantitative estimate of drug-likeness (QED) is 0.796. The van der Waals surface area contributed by atoms with Gasteiger partial charge in [0.2, 0.25) is 0 Å². The maximum absolute atomic E-state index is 5.68. The lowest BCUT2D eigenvalue weighted by atomic mass is 10.2. The fourth-order valence-corrected chi connectivity index (χ4v) is 1.60. The van der Waals surface area contributed by atoms with Gasteiger partial charge in [-0.3, -0.25) is 0 Å². The number of ether oxygens (including phenoxy) is 1. The second kappa shape index (κ2) is 6.47. The van der Waals surface area contributed by atoms with Gasteiger partial charge in [0, 0.05) is 8.81 Å². The van der Waals surface area contributed by atoms with Crippen LogP contribution in [0, 0.1) is 0 Å². The molecule has 1 unspecified atom stereocenters. The van der Waals surface area contributed by atoms with Gasteiger partial charge in [0.15, 0.2) is 0 Å². The van der Waals surface area contributed by atoms with E-state index < -0.39 is 0 Å². The molecule has 1 rings (SSSR count). The Labute approximate surface area is 104 Å². The van der Waals surface area contributed by atoms with Crippen molar-refractivity contribution in [2.75, 3.05) is 7.11 Å². The summed E-state index contributed by atoms with van der Waals surface area (Å²) in [5.41, 5.74) is -0.0711. The third-order valence-corrected chi connectivity index (χ3v) is 2.85. The third kappa shape index (κ3) is 6.14. The first kappa shape index (κ1) is 14.9. The van der Waals surface area contributed by atoms with Crippen molar-refractivity contribution in [3.8, 4) is 5.75 Å². The molecule has 0 aliphatic carbocycles. The van der Waals surface area contributed by atoms with Gasteiger partial charge in [-0.2, -0.15) is 0 Å². The van der Waals surface area contributed by atoms with Crippen LogP contribution in [0.25, 0.3) is 0 Å². The van der Waals surface area contributed by atoms with E-state index in [2.05, 4.69) is 20.8 Å². The molecule has 0 amide bonds. The molecule has 0 N–H and O–H groups in total. The van der Waals surface area contributed by atoms with E-state index in [0.29, 0.717) is 8.81 Å². The van der Waals surface area contributed by atoms with E-state index in [4.69, 9.17) is 9.26 Å². The molecular weight excluding hydrogens is 275 g/mol. The van der Waals surface area contributed by atoms with Crippen LogP contribution in [0.2, 0.25) is 0 Å².